The van der Waals surface area contributed by atoms with Crippen LogP contribution in [0.5, 0.6) is 11.5 Å². The van der Waals surface area contributed by atoms with Gasteiger partial charge in [-0.2, -0.15) is 5.26 Å². The molecular weight excluding hydrogens is 400 g/mol. The van der Waals surface area contributed by atoms with Crippen molar-refractivity contribution in [1.82, 2.24) is 0 Å². The minimum Gasteiger partial charge on any atom is -0.493 e. The molecule has 150 valence electrons. The van der Waals surface area contributed by atoms with Crippen LogP contribution in [0.1, 0.15) is 11.1 Å². The summed E-state index contributed by atoms with van der Waals surface area (Å²) < 4.78 is 11.2. The van der Waals surface area contributed by atoms with Crippen LogP contribution in [0.3, 0.4) is 0 Å². The number of amides is 1. The van der Waals surface area contributed by atoms with Crippen LogP contribution in [-0.4, -0.2) is 13.0 Å². The SMILES string of the molecule is COc1cc(/C=C(/C#N)C(=O)Nc2ccccc2)cc(Cl)c1OCc1ccccc1. The van der Waals surface area contributed by atoms with Gasteiger partial charge in [-0.3, -0.25) is 4.79 Å². The van der Waals surface area contributed by atoms with Gasteiger partial charge >= 0.3 is 0 Å². The lowest BCUT2D eigenvalue weighted by atomic mass is 10.1. The van der Waals surface area contributed by atoms with E-state index < -0.39 is 5.91 Å². The molecule has 5 nitrogen and oxygen atoms in total. The Bertz CT molecular complexity index is 1090. The molecule has 0 aliphatic heterocycles. The maximum Gasteiger partial charge on any atom is 0.266 e. The molecule has 0 spiro atoms. The van der Waals surface area contributed by atoms with E-state index in [0.717, 1.165) is 5.56 Å². The molecule has 3 aromatic rings. The van der Waals surface area contributed by atoms with Crippen molar-refractivity contribution in [3.63, 3.8) is 0 Å². The zero-order chi connectivity index (χ0) is 21.3. The summed E-state index contributed by atoms with van der Waals surface area (Å²) in [7, 11) is 1.50. The number of hydrogen-bond donors (Lipinski definition) is 1. The normalized spacial score (nSPS) is 10.8. The highest BCUT2D eigenvalue weighted by Gasteiger charge is 2.14. The Hall–Kier alpha value is -3.75. The van der Waals surface area contributed by atoms with Crippen molar-refractivity contribution in [2.45, 2.75) is 6.61 Å². The van der Waals surface area contributed by atoms with Crippen LogP contribution in [0, 0.1) is 11.3 Å². The Morgan fingerprint density at radius 1 is 1.10 bits per heavy atom. The summed E-state index contributed by atoms with van der Waals surface area (Å²) in [6, 6.07) is 23.8. The van der Waals surface area contributed by atoms with Crippen LogP contribution in [0.4, 0.5) is 5.69 Å². The number of carbonyl (C=O) groups excluding carboxylic acids is 1. The zero-order valence-electron chi connectivity index (χ0n) is 16.3. The molecule has 0 bridgehead atoms. The number of methoxy groups -OCH3 is 1. The molecule has 30 heavy (non-hydrogen) atoms. The predicted molar refractivity (Wildman–Crippen MR) is 117 cm³/mol. The fourth-order valence-corrected chi connectivity index (χ4v) is 3.00. The molecule has 3 rings (SSSR count). The Kier molecular flexibility index (Phi) is 7.09. The molecule has 3 aromatic carbocycles. The van der Waals surface area contributed by atoms with E-state index in [2.05, 4.69) is 5.32 Å². The monoisotopic (exact) mass is 418 g/mol. The van der Waals surface area contributed by atoms with Crippen LogP contribution >= 0.6 is 11.6 Å². The topological polar surface area (TPSA) is 71.3 Å². The number of nitrogens with one attached hydrogen (secondary N) is 1. The standard InChI is InChI=1S/C24H19ClN2O3/c1-29-22-14-18(12-19(15-26)24(28)27-20-10-6-3-7-11-20)13-21(25)23(22)30-16-17-8-4-2-5-9-17/h2-14H,16H2,1H3,(H,27,28)/b19-12-. The zero-order valence-corrected chi connectivity index (χ0v) is 17.0. The minimum absolute atomic E-state index is 0.0603. The second kappa shape index (κ2) is 10.1. The largest absolute Gasteiger partial charge is 0.493 e. The number of benzene rings is 3. The molecule has 1 N–H and O–H groups in total. The van der Waals surface area contributed by atoms with Gasteiger partial charge in [0.05, 0.1) is 12.1 Å². The third kappa shape index (κ3) is 5.40. The van der Waals surface area contributed by atoms with E-state index in [1.807, 2.05) is 42.5 Å². The summed E-state index contributed by atoms with van der Waals surface area (Å²) in [5.41, 5.74) is 2.08. The van der Waals surface area contributed by atoms with Gasteiger partial charge in [0.1, 0.15) is 18.2 Å². The second-order valence-corrected chi connectivity index (χ2v) is 6.71. The summed E-state index contributed by atoms with van der Waals surface area (Å²) in [4.78, 5) is 12.4. The summed E-state index contributed by atoms with van der Waals surface area (Å²) in [5, 5.41) is 12.4. The lowest BCUT2D eigenvalue weighted by molar-refractivity contribution is -0.112. The van der Waals surface area contributed by atoms with E-state index in [9.17, 15) is 10.1 Å². The molecular formula is C24H19ClN2O3. The van der Waals surface area contributed by atoms with E-state index in [0.29, 0.717) is 34.4 Å². The van der Waals surface area contributed by atoms with E-state index in [1.54, 1.807) is 36.4 Å². The van der Waals surface area contributed by atoms with Gasteiger partial charge in [-0.25, -0.2) is 0 Å². The lowest BCUT2D eigenvalue weighted by Crippen LogP contribution is -2.13. The van der Waals surface area contributed by atoms with E-state index in [1.165, 1.54) is 13.2 Å². The first-order valence-electron chi connectivity index (χ1n) is 9.13. The number of ether oxygens (including phenoxy) is 2. The van der Waals surface area contributed by atoms with Crippen LogP contribution in [0.2, 0.25) is 5.02 Å². The highest BCUT2D eigenvalue weighted by Crippen LogP contribution is 2.37. The average Bonchev–Trinajstić information content (AvgIpc) is 2.77. The van der Waals surface area contributed by atoms with Gasteiger partial charge in [0, 0.05) is 5.69 Å². The third-order valence-corrected chi connectivity index (χ3v) is 4.47. The van der Waals surface area contributed by atoms with E-state index >= 15 is 0 Å². The number of rotatable bonds is 7. The highest BCUT2D eigenvalue weighted by atomic mass is 35.5. The maximum atomic E-state index is 12.4. The lowest BCUT2D eigenvalue weighted by Gasteiger charge is -2.13. The van der Waals surface area contributed by atoms with Gasteiger partial charge in [-0.1, -0.05) is 60.1 Å². The number of hydrogen-bond acceptors (Lipinski definition) is 4. The first-order chi connectivity index (χ1) is 14.6. The van der Waals surface area contributed by atoms with E-state index in [4.69, 9.17) is 21.1 Å². The van der Waals surface area contributed by atoms with Gasteiger partial charge in [-0.05, 0) is 41.5 Å². The number of carbonyl (C=O) groups is 1. The van der Waals surface area contributed by atoms with Crippen molar-refractivity contribution in [1.29, 1.82) is 5.26 Å². The third-order valence-electron chi connectivity index (χ3n) is 4.19. The van der Waals surface area contributed by atoms with Crippen molar-refractivity contribution in [2.75, 3.05) is 12.4 Å². The molecule has 0 fully saturated rings. The molecule has 1 amide bonds. The first kappa shape index (κ1) is 21.0. The van der Waals surface area contributed by atoms with Crippen molar-refractivity contribution < 1.29 is 14.3 Å². The Balaban J connectivity index is 1.82. The van der Waals surface area contributed by atoms with Gasteiger partial charge in [0.15, 0.2) is 11.5 Å². The molecule has 0 heterocycles. The van der Waals surface area contributed by atoms with Crippen LogP contribution in [0.25, 0.3) is 6.08 Å². The van der Waals surface area contributed by atoms with Gasteiger partial charge in [0.2, 0.25) is 0 Å². The smallest absolute Gasteiger partial charge is 0.266 e. The molecule has 0 aliphatic rings. The predicted octanol–water partition coefficient (Wildman–Crippen LogP) is 5.47. The van der Waals surface area contributed by atoms with Crippen molar-refractivity contribution in [3.05, 3.63) is 94.5 Å². The average molecular weight is 419 g/mol. The van der Waals surface area contributed by atoms with Crippen molar-refractivity contribution in [2.24, 2.45) is 0 Å². The van der Waals surface area contributed by atoms with Crippen LogP contribution < -0.4 is 14.8 Å². The van der Waals surface area contributed by atoms with Gasteiger partial charge in [0.25, 0.3) is 5.91 Å². The molecule has 0 unspecified atom stereocenters. The Labute approximate surface area is 180 Å². The minimum atomic E-state index is -0.511. The number of anilines is 1. The maximum absolute atomic E-state index is 12.4. The summed E-state index contributed by atoms with van der Waals surface area (Å²) in [6.45, 7) is 0.328. The van der Waals surface area contributed by atoms with Crippen molar-refractivity contribution >= 4 is 29.3 Å². The molecule has 0 atom stereocenters. The molecule has 0 radical (unpaired) electrons. The first-order valence-corrected chi connectivity index (χ1v) is 9.51. The van der Waals surface area contributed by atoms with Crippen molar-refractivity contribution in [3.8, 4) is 17.6 Å². The number of para-hydroxylation sites is 1. The summed E-state index contributed by atoms with van der Waals surface area (Å²) in [6.07, 6.45) is 1.45. The Morgan fingerprint density at radius 3 is 2.40 bits per heavy atom. The molecule has 0 saturated heterocycles. The number of halogens is 1. The van der Waals surface area contributed by atoms with Gasteiger partial charge in [-0.15, -0.1) is 0 Å². The molecule has 0 aliphatic carbocycles. The molecule has 6 heteroatoms. The Morgan fingerprint density at radius 2 is 1.77 bits per heavy atom. The van der Waals surface area contributed by atoms with Crippen LogP contribution in [0.15, 0.2) is 78.4 Å². The number of nitrogens with zero attached hydrogens (tertiary/aromatic N) is 1. The molecule has 0 aromatic heterocycles. The second-order valence-electron chi connectivity index (χ2n) is 6.30. The van der Waals surface area contributed by atoms with Gasteiger partial charge < -0.3 is 14.8 Å². The fourth-order valence-electron chi connectivity index (χ4n) is 2.73. The summed E-state index contributed by atoms with van der Waals surface area (Å²) >= 11 is 6.40. The number of nitriles is 1. The summed E-state index contributed by atoms with van der Waals surface area (Å²) in [5.74, 6) is 0.293. The molecule has 0 saturated carbocycles. The fraction of sp³-hybridized carbons (Fsp3) is 0.0833. The quantitative estimate of drug-likeness (QED) is 0.407. The van der Waals surface area contributed by atoms with E-state index in [-0.39, 0.29) is 5.57 Å². The highest BCUT2D eigenvalue weighted by molar-refractivity contribution is 6.32. The van der Waals surface area contributed by atoms with Crippen LogP contribution in [-0.2, 0) is 11.4 Å².